The highest BCUT2D eigenvalue weighted by atomic mass is 32.1. The second-order valence-electron chi connectivity index (χ2n) is 5.06. The van der Waals surface area contributed by atoms with Gasteiger partial charge in [-0.1, -0.05) is 0 Å². The van der Waals surface area contributed by atoms with Crippen molar-refractivity contribution < 1.29 is 28.2 Å². The number of hydrogen-bond donors (Lipinski definition) is 1. The third-order valence-corrected chi connectivity index (χ3v) is 4.28. The second kappa shape index (κ2) is 5.91. The van der Waals surface area contributed by atoms with E-state index in [-0.39, 0.29) is 27.2 Å². The van der Waals surface area contributed by atoms with Gasteiger partial charge in [0, 0.05) is 17.1 Å². The molecule has 0 fully saturated rings. The van der Waals surface area contributed by atoms with Crippen molar-refractivity contribution in [3.63, 3.8) is 0 Å². The number of hydrogen-bond acceptors (Lipinski definition) is 5. The monoisotopic (exact) mass is 359 g/mol. The molecule has 0 aliphatic heterocycles. The summed E-state index contributed by atoms with van der Waals surface area (Å²) in [5.74, 6) is -1.65. The van der Waals surface area contributed by atoms with Gasteiger partial charge in [0.2, 0.25) is 11.2 Å². The number of rotatable bonds is 1. The van der Waals surface area contributed by atoms with Gasteiger partial charge in [-0.15, -0.1) is 11.3 Å². The lowest BCUT2D eigenvalue weighted by atomic mass is 10.1. The molecule has 2 aromatic heterocycles. The first-order valence-corrected chi connectivity index (χ1v) is 7.36. The summed E-state index contributed by atoms with van der Waals surface area (Å²) in [7, 11) is 0. The number of aryl methyl sites for hydroxylation is 2. The molecule has 0 bridgehead atoms. The summed E-state index contributed by atoms with van der Waals surface area (Å²) in [6, 6.07) is 2.32. The number of nitrogens with zero attached hydrogens (tertiary/aromatic N) is 1. The first-order valence-electron chi connectivity index (χ1n) is 6.48. The van der Waals surface area contributed by atoms with E-state index in [1.54, 1.807) is 19.2 Å². The molecule has 0 saturated carbocycles. The van der Waals surface area contributed by atoms with E-state index in [0.717, 1.165) is 17.4 Å². The topological polar surface area (TPSA) is 94.8 Å². The van der Waals surface area contributed by atoms with Crippen LogP contribution < -0.4 is 5.43 Å². The molecule has 0 atom stereocenters. The largest absolute Gasteiger partial charge is 0.508 e. The van der Waals surface area contributed by atoms with E-state index in [1.165, 1.54) is 6.07 Å². The van der Waals surface area contributed by atoms with Crippen LogP contribution in [0.15, 0.2) is 26.7 Å². The average molecular weight is 359 g/mol. The van der Waals surface area contributed by atoms with Gasteiger partial charge in [-0.05, 0) is 25.5 Å². The molecule has 24 heavy (non-hydrogen) atoms. The molecule has 0 saturated heterocycles. The zero-order valence-electron chi connectivity index (χ0n) is 12.5. The number of phenolic OH excluding ortho intramolecular Hbond substituents is 1. The van der Waals surface area contributed by atoms with E-state index in [9.17, 15) is 23.1 Å². The molecule has 3 rings (SSSR count). The zero-order valence-corrected chi connectivity index (χ0v) is 13.3. The molecule has 0 amide bonds. The minimum absolute atomic E-state index is 0. The second-order valence-corrected chi connectivity index (χ2v) is 5.92. The van der Waals surface area contributed by atoms with Crippen molar-refractivity contribution in [2.24, 2.45) is 0 Å². The number of thiazole rings is 1. The van der Waals surface area contributed by atoms with E-state index in [0.29, 0.717) is 11.3 Å². The van der Waals surface area contributed by atoms with Crippen LogP contribution in [-0.4, -0.2) is 15.6 Å². The van der Waals surface area contributed by atoms with Gasteiger partial charge in [-0.3, -0.25) is 4.79 Å². The third kappa shape index (κ3) is 2.87. The molecule has 0 aliphatic rings. The predicted octanol–water partition coefficient (Wildman–Crippen LogP) is 3.43. The molecule has 9 heteroatoms. The Bertz CT molecular complexity index is 975. The van der Waals surface area contributed by atoms with Gasteiger partial charge in [0.05, 0.1) is 5.39 Å². The maximum absolute atomic E-state index is 13.3. The van der Waals surface area contributed by atoms with Crippen LogP contribution in [0, 0.1) is 13.8 Å². The van der Waals surface area contributed by atoms with Crippen molar-refractivity contribution in [1.82, 2.24) is 4.98 Å². The standard InChI is InChI=1S/C15H10F3NO3S.H2O/c1-6-3-8-10(4-9(6)20)22-13(15(16,17)18)11(12(8)21)14-19-7(2)5-23-14;/h3-5,20H,1-2H3;1H2. The molecular formula is C15H12F3NO4S. The van der Waals surface area contributed by atoms with Gasteiger partial charge in [0.15, 0.2) is 0 Å². The average Bonchev–Trinajstić information content (AvgIpc) is 2.86. The fourth-order valence-electron chi connectivity index (χ4n) is 2.20. The van der Waals surface area contributed by atoms with Crippen LogP contribution in [0.4, 0.5) is 13.2 Å². The van der Waals surface area contributed by atoms with Crippen molar-refractivity contribution in [2.75, 3.05) is 0 Å². The molecule has 0 unspecified atom stereocenters. The summed E-state index contributed by atoms with van der Waals surface area (Å²) >= 11 is 0.942. The number of aromatic nitrogens is 1. The lowest BCUT2D eigenvalue weighted by Gasteiger charge is -2.11. The van der Waals surface area contributed by atoms with Gasteiger partial charge in [0.25, 0.3) is 0 Å². The minimum Gasteiger partial charge on any atom is -0.508 e. The normalized spacial score (nSPS) is 11.5. The lowest BCUT2D eigenvalue weighted by Crippen LogP contribution is -2.16. The molecule has 0 radical (unpaired) electrons. The molecule has 3 aromatic rings. The predicted molar refractivity (Wildman–Crippen MR) is 83.3 cm³/mol. The highest BCUT2D eigenvalue weighted by Crippen LogP contribution is 2.38. The van der Waals surface area contributed by atoms with Crippen LogP contribution in [0.1, 0.15) is 17.0 Å². The van der Waals surface area contributed by atoms with Gasteiger partial charge < -0.3 is 15.0 Å². The van der Waals surface area contributed by atoms with Crippen molar-refractivity contribution in [3.8, 4) is 16.3 Å². The third-order valence-electron chi connectivity index (χ3n) is 3.30. The molecule has 0 aliphatic carbocycles. The van der Waals surface area contributed by atoms with Crippen LogP contribution in [0.5, 0.6) is 5.75 Å². The van der Waals surface area contributed by atoms with E-state index in [4.69, 9.17) is 4.42 Å². The molecule has 5 nitrogen and oxygen atoms in total. The van der Waals surface area contributed by atoms with Crippen LogP contribution in [0.3, 0.4) is 0 Å². The van der Waals surface area contributed by atoms with Gasteiger partial charge in [0.1, 0.15) is 21.9 Å². The van der Waals surface area contributed by atoms with Crippen molar-refractivity contribution in [1.29, 1.82) is 0 Å². The highest BCUT2D eigenvalue weighted by molar-refractivity contribution is 7.13. The van der Waals surface area contributed by atoms with Crippen LogP contribution in [-0.2, 0) is 6.18 Å². The minimum atomic E-state index is -4.86. The first kappa shape index (κ1) is 18.0. The SMILES string of the molecule is Cc1csc(-c2c(C(F)(F)F)oc3cc(O)c(C)cc3c2=O)n1.O. The number of halogens is 3. The van der Waals surface area contributed by atoms with Crippen molar-refractivity contribution in [2.45, 2.75) is 20.0 Å². The number of phenols is 1. The van der Waals surface area contributed by atoms with Gasteiger partial charge in [-0.2, -0.15) is 13.2 Å². The Morgan fingerprint density at radius 3 is 2.46 bits per heavy atom. The Balaban J connectivity index is 0.00000208. The molecule has 128 valence electrons. The zero-order chi connectivity index (χ0) is 16.9. The molecule has 0 spiro atoms. The number of benzene rings is 1. The summed E-state index contributed by atoms with van der Waals surface area (Å²) in [4.78, 5) is 16.6. The summed E-state index contributed by atoms with van der Waals surface area (Å²) < 4.78 is 44.9. The van der Waals surface area contributed by atoms with E-state index in [2.05, 4.69) is 4.98 Å². The molecule has 3 N–H and O–H groups in total. The van der Waals surface area contributed by atoms with E-state index >= 15 is 0 Å². The highest BCUT2D eigenvalue weighted by Gasteiger charge is 2.40. The Labute approximate surface area is 137 Å². The lowest BCUT2D eigenvalue weighted by molar-refractivity contribution is -0.152. The van der Waals surface area contributed by atoms with Crippen LogP contribution in [0.2, 0.25) is 0 Å². The number of fused-ring (bicyclic) bond motifs is 1. The van der Waals surface area contributed by atoms with Crippen LogP contribution >= 0.6 is 11.3 Å². The summed E-state index contributed by atoms with van der Waals surface area (Å²) in [6.07, 6.45) is -4.86. The fourth-order valence-corrected chi connectivity index (χ4v) is 3.04. The van der Waals surface area contributed by atoms with Crippen LogP contribution in [0.25, 0.3) is 21.5 Å². The first-order chi connectivity index (χ1) is 10.7. The Hall–Kier alpha value is -2.39. The molecule has 1 aromatic carbocycles. The van der Waals surface area contributed by atoms with Crippen molar-refractivity contribution in [3.05, 3.63) is 44.8 Å². The smallest absolute Gasteiger partial charge is 0.450 e. The van der Waals surface area contributed by atoms with Crippen molar-refractivity contribution >= 4 is 22.3 Å². The molecule has 2 heterocycles. The van der Waals surface area contributed by atoms with Gasteiger partial charge in [-0.25, -0.2) is 4.98 Å². The van der Waals surface area contributed by atoms with E-state index in [1.807, 2.05) is 0 Å². The van der Waals surface area contributed by atoms with E-state index < -0.39 is 22.9 Å². The summed E-state index contributed by atoms with van der Waals surface area (Å²) in [5.41, 5.74) is -0.864. The maximum atomic E-state index is 13.3. The summed E-state index contributed by atoms with van der Waals surface area (Å²) in [5, 5.41) is 11.1. The summed E-state index contributed by atoms with van der Waals surface area (Å²) in [6.45, 7) is 3.16. The fraction of sp³-hybridized carbons (Fsp3) is 0.200. The van der Waals surface area contributed by atoms with Gasteiger partial charge >= 0.3 is 6.18 Å². The molecular weight excluding hydrogens is 347 g/mol. The number of aromatic hydroxyl groups is 1. The Morgan fingerprint density at radius 1 is 1.25 bits per heavy atom. The Kier molecular flexibility index (Phi) is 4.42. The number of alkyl halides is 3. The quantitative estimate of drug-likeness (QED) is 0.720. The Morgan fingerprint density at radius 2 is 1.92 bits per heavy atom. The maximum Gasteiger partial charge on any atom is 0.450 e.